The number of methoxy groups -OCH3 is 1. The highest BCUT2D eigenvalue weighted by molar-refractivity contribution is 6.42. The highest BCUT2D eigenvalue weighted by Crippen LogP contribution is 2.38. The zero-order valence-corrected chi connectivity index (χ0v) is 12.1. The zero-order valence-electron chi connectivity index (χ0n) is 10.6. The number of nitrogens with one attached hydrogen (secondary N) is 1. The lowest BCUT2D eigenvalue weighted by Crippen LogP contribution is -2.46. The van der Waals surface area contributed by atoms with Gasteiger partial charge in [-0.2, -0.15) is 0 Å². The van der Waals surface area contributed by atoms with Crippen LogP contribution in [0.5, 0.6) is 5.75 Å². The summed E-state index contributed by atoms with van der Waals surface area (Å²) < 4.78 is 5.35. The van der Waals surface area contributed by atoms with Crippen molar-refractivity contribution in [1.29, 1.82) is 0 Å². The highest BCUT2D eigenvalue weighted by atomic mass is 35.5. The number of halogens is 2. The first-order chi connectivity index (χ1) is 9.02. The summed E-state index contributed by atoms with van der Waals surface area (Å²) >= 11 is 12.1. The fourth-order valence-electron chi connectivity index (χ4n) is 2.46. The van der Waals surface area contributed by atoms with Crippen LogP contribution in [0.4, 0.5) is 0 Å². The van der Waals surface area contributed by atoms with Crippen LogP contribution in [0.1, 0.15) is 24.3 Å². The summed E-state index contributed by atoms with van der Waals surface area (Å²) in [6, 6.07) is 3.22. The van der Waals surface area contributed by atoms with Crippen LogP contribution in [0.3, 0.4) is 0 Å². The van der Waals surface area contributed by atoms with Crippen LogP contribution in [0.25, 0.3) is 0 Å². The lowest BCUT2D eigenvalue weighted by molar-refractivity contribution is -0.120. The molecule has 1 aromatic rings. The normalized spacial score (nSPS) is 23.1. The Hall–Kier alpha value is -0.970. The molecule has 19 heavy (non-hydrogen) atoms. The van der Waals surface area contributed by atoms with E-state index in [2.05, 4.69) is 5.32 Å². The minimum Gasteiger partial charge on any atom is -0.496 e. The number of carbonyl (C=O) groups is 1. The van der Waals surface area contributed by atoms with E-state index >= 15 is 0 Å². The molecular formula is C13H16Cl2N2O2. The van der Waals surface area contributed by atoms with Crippen LogP contribution < -0.4 is 15.8 Å². The van der Waals surface area contributed by atoms with Gasteiger partial charge >= 0.3 is 0 Å². The Morgan fingerprint density at radius 2 is 2.11 bits per heavy atom. The van der Waals surface area contributed by atoms with Crippen LogP contribution in [0, 0.1) is 0 Å². The Kier molecular flexibility index (Phi) is 4.55. The third-order valence-corrected chi connectivity index (χ3v) is 4.18. The number of rotatable bonds is 3. The molecule has 1 aliphatic rings. The van der Waals surface area contributed by atoms with Crippen molar-refractivity contribution in [3.8, 4) is 5.75 Å². The van der Waals surface area contributed by atoms with Gasteiger partial charge in [-0.15, -0.1) is 0 Å². The Morgan fingerprint density at radius 1 is 1.42 bits per heavy atom. The fourth-order valence-corrected chi connectivity index (χ4v) is 2.78. The van der Waals surface area contributed by atoms with Gasteiger partial charge in [-0.1, -0.05) is 23.2 Å². The number of hydrogen-bond donors (Lipinski definition) is 2. The van der Waals surface area contributed by atoms with Gasteiger partial charge in [0.2, 0.25) is 5.91 Å². The Labute approximate surface area is 122 Å². The molecule has 0 aromatic heterocycles. The monoisotopic (exact) mass is 302 g/mol. The maximum Gasteiger partial charge on any atom is 0.234 e. The molecule has 0 saturated carbocycles. The van der Waals surface area contributed by atoms with Gasteiger partial charge in [0, 0.05) is 6.07 Å². The van der Waals surface area contributed by atoms with Gasteiger partial charge in [0.25, 0.3) is 0 Å². The smallest absolute Gasteiger partial charge is 0.234 e. The summed E-state index contributed by atoms with van der Waals surface area (Å²) in [5.41, 5.74) is 6.33. The third-order valence-electron chi connectivity index (χ3n) is 3.46. The van der Waals surface area contributed by atoms with E-state index in [9.17, 15) is 4.79 Å². The van der Waals surface area contributed by atoms with Crippen molar-refractivity contribution in [3.05, 3.63) is 27.7 Å². The number of piperidine rings is 1. The van der Waals surface area contributed by atoms with Gasteiger partial charge in [-0.05, 0) is 36.9 Å². The van der Waals surface area contributed by atoms with Crippen LogP contribution in [-0.4, -0.2) is 25.6 Å². The predicted octanol–water partition coefficient (Wildman–Crippen LogP) is 2.32. The number of primary amides is 1. The van der Waals surface area contributed by atoms with Crippen molar-refractivity contribution in [1.82, 2.24) is 5.32 Å². The SMILES string of the molecule is COc1cc(Cl)c(Cl)cc1C1CCNC(C(N)=O)C1. The fraction of sp³-hybridized carbons (Fsp3) is 0.462. The standard InChI is InChI=1S/C13H16Cl2N2O2/c1-19-12-6-10(15)9(14)5-8(12)7-2-3-17-11(4-7)13(16)18/h5-7,11,17H,2-4H2,1H3,(H2,16,18). The number of benzene rings is 1. The maximum atomic E-state index is 11.3. The topological polar surface area (TPSA) is 64.3 Å². The lowest BCUT2D eigenvalue weighted by Gasteiger charge is -2.29. The van der Waals surface area contributed by atoms with Gasteiger partial charge in [0.15, 0.2) is 0 Å². The highest BCUT2D eigenvalue weighted by Gasteiger charge is 2.28. The molecule has 0 spiro atoms. The largest absolute Gasteiger partial charge is 0.496 e. The van der Waals surface area contributed by atoms with Crippen molar-refractivity contribution in [2.45, 2.75) is 24.8 Å². The lowest BCUT2D eigenvalue weighted by atomic mass is 9.85. The molecule has 1 aliphatic heterocycles. The maximum absolute atomic E-state index is 11.3. The molecule has 104 valence electrons. The molecule has 2 atom stereocenters. The van der Waals surface area contributed by atoms with Crippen molar-refractivity contribution < 1.29 is 9.53 Å². The van der Waals surface area contributed by atoms with E-state index in [1.807, 2.05) is 6.07 Å². The van der Waals surface area contributed by atoms with E-state index in [0.29, 0.717) is 22.2 Å². The van der Waals surface area contributed by atoms with Crippen molar-refractivity contribution in [2.75, 3.05) is 13.7 Å². The molecule has 1 fully saturated rings. The number of ether oxygens (including phenoxy) is 1. The van der Waals surface area contributed by atoms with Crippen LogP contribution in [0.15, 0.2) is 12.1 Å². The second kappa shape index (κ2) is 5.99. The van der Waals surface area contributed by atoms with Crippen LogP contribution in [0.2, 0.25) is 10.0 Å². The van der Waals surface area contributed by atoms with Gasteiger partial charge in [-0.25, -0.2) is 0 Å². The van der Waals surface area contributed by atoms with E-state index < -0.39 is 0 Å². The molecule has 0 radical (unpaired) electrons. The van der Waals surface area contributed by atoms with Crippen LogP contribution in [-0.2, 0) is 4.79 Å². The first-order valence-electron chi connectivity index (χ1n) is 6.08. The van der Waals surface area contributed by atoms with E-state index in [4.69, 9.17) is 33.7 Å². The van der Waals surface area contributed by atoms with Gasteiger partial charge in [-0.3, -0.25) is 4.79 Å². The molecule has 2 rings (SSSR count). The molecule has 1 heterocycles. The second-order valence-corrected chi connectivity index (χ2v) is 5.45. The third kappa shape index (κ3) is 3.14. The molecule has 0 bridgehead atoms. The van der Waals surface area contributed by atoms with E-state index in [1.165, 1.54) is 0 Å². The number of carbonyl (C=O) groups excluding carboxylic acids is 1. The van der Waals surface area contributed by atoms with E-state index in [-0.39, 0.29) is 17.9 Å². The van der Waals surface area contributed by atoms with Crippen molar-refractivity contribution in [3.63, 3.8) is 0 Å². The summed E-state index contributed by atoms with van der Waals surface area (Å²) in [4.78, 5) is 11.3. The van der Waals surface area contributed by atoms with Crippen molar-refractivity contribution in [2.24, 2.45) is 5.73 Å². The van der Waals surface area contributed by atoms with E-state index in [0.717, 1.165) is 18.5 Å². The molecule has 2 unspecified atom stereocenters. The summed E-state index contributed by atoms with van der Waals surface area (Å²) in [7, 11) is 1.59. The second-order valence-electron chi connectivity index (χ2n) is 4.64. The molecule has 3 N–H and O–H groups in total. The van der Waals surface area contributed by atoms with Gasteiger partial charge in [0.1, 0.15) is 5.75 Å². The quantitative estimate of drug-likeness (QED) is 0.900. The van der Waals surface area contributed by atoms with Gasteiger partial charge in [0.05, 0.1) is 23.2 Å². The van der Waals surface area contributed by atoms with Crippen molar-refractivity contribution >= 4 is 29.1 Å². The minimum atomic E-state index is -0.330. The summed E-state index contributed by atoms with van der Waals surface area (Å²) in [6.07, 6.45) is 1.54. The molecular weight excluding hydrogens is 287 g/mol. The number of nitrogens with two attached hydrogens (primary N) is 1. The number of hydrogen-bond acceptors (Lipinski definition) is 3. The predicted molar refractivity (Wildman–Crippen MR) is 76.0 cm³/mol. The molecule has 4 nitrogen and oxygen atoms in total. The molecule has 0 aliphatic carbocycles. The molecule has 6 heteroatoms. The Morgan fingerprint density at radius 3 is 2.74 bits per heavy atom. The molecule has 1 amide bonds. The van der Waals surface area contributed by atoms with Gasteiger partial charge < -0.3 is 15.8 Å². The summed E-state index contributed by atoms with van der Waals surface area (Å²) in [6.45, 7) is 0.738. The Balaban J connectivity index is 2.30. The average molecular weight is 303 g/mol. The first kappa shape index (κ1) is 14.4. The van der Waals surface area contributed by atoms with Crippen LogP contribution >= 0.6 is 23.2 Å². The summed E-state index contributed by atoms with van der Waals surface area (Å²) in [5.74, 6) is 0.553. The number of amides is 1. The average Bonchev–Trinajstić information content (AvgIpc) is 2.41. The van der Waals surface area contributed by atoms with E-state index in [1.54, 1.807) is 13.2 Å². The zero-order chi connectivity index (χ0) is 14.0. The Bertz CT molecular complexity index is 494. The minimum absolute atomic E-state index is 0.184. The first-order valence-corrected chi connectivity index (χ1v) is 6.84. The summed E-state index contributed by atoms with van der Waals surface area (Å²) in [5, 5.41) is 4.06. The molecule has 1 aromatic carbocycles. The molecule has 1 saturated heterocycles.